The van der Waals surface area contributed by atoms with Gasteiger partial charge in [0.25, 0.3) is 0 Å². The molecule has 96 valence electrons. The van der Waals surface area contributed by atoms with E-state index < -0.39 is 0 Å². The minimum atomic E-state index is -0.366. The van der Waals surface area contributed by atoms with Crippen LogP contribution in [0, 0.1) is 11.8 Å². The fourth-order valence-corrected chi connectivity index (χ4v) is 4.02. The predicted octanol–water partition coefficient (Wildman–Crippen LogP) is 2.08. The van der Waals surface area contributed by atoms with E-state index in [2.05, 4.69) is 24.9 Å². The van der Waals surface area contributed by atoms with Gasteiger partial charge in [0.2, 0.25) is 5.56 Å². The quantitative estimate of drug-likeness (QED) is 0.686. The number of pyridine rings is 1. The van der Waals surface area contributed by atoms with Crippen LogP contribution in [0.5, 0.6) is 0 Å². The molecule has 1 fully saturated rings. The van der Waals surface area contributed by atoms with E-state index in [1.54, 1.807) is 6.07 Å². The zero-order valence-electron chi connectivity index (χ0n) is 11.0. The van der Waals surface area contributed by atoms with Gasteiger partial charge in [0, 0.05) is 11.8 Å². The lowest BCUT2D eigenvalue weighted by molar-refractivity contribution is 0.231. The van der Waals surface area contributed by atoms with E-state index >= 15 is 0 Å². The molecule has 2 aliphatic carbocycles. The Morgan fingerprint density at radius 2 is 2.28 bits per heavy atom. The van der Waals surface area contributed by atoms with Crippen LogP contribution in [0.4, 0.5) is 0 Å². The molecule has 2 aliphatic rings. The molecule has 3 N–H and O–H groups in total. The van der Waals surface area contributed by atoms with E-state index in [0.717, 1.165) is 24.1 Å². The van der Waals surface area contributed by atoms with Gasteiger partial charge in [0.15, 0.2) is 0 Å². The SMILES string of the molecule is C/C=C1\[C@@H]2Cc3[nH]c(=O)ccc3[C@@]1(N)C[C@H](C)C2. The molecule has 3 heteroatoms. The summed E-state index contributed by atoms with van der Waals surface area (Å²) in [5, 5.41) is 0. The van der Waals surface area contributed by atoms with Crippen molar-refractivity contribution < 1.29 is 0 Å². The average molecular weight is 244 g/mol. The standard InChI is InChI=1S/C15H20N2O/c1-3-11-10-6-9(2)8-15(11,16)12-4-5-14(18)17-13(12)7-10/h3-5,9-10H,6-8,16H2,1-2H3,(H,17,18)/b11-3+/t9-,10+,15-/m1/s1. The molecule has 3 nitrogen and oxygen atoms in total. The van der Waals surface area contributed by atoms with Gasteiger partial charge in [-0.2, -0.15) is 0 Å². The molecule has 3 rings (SSSR count). The molecule has 0 aliphatic heterocycles. The second-order valence-corrected chi connectivity index (χ2v) is 5.88. The van der Waals surface area contributed by atoms with Crippen molar-refractivity contribution in [3.8, 4) is 0 Å². The molecule has 2 bridgehead atoms. The lowest BCUT2D eigenvalue weighted by Crippen LogP contribution is -2.50. The monoisotopic (exact) mass is 244 g/mol. The highest BCUT2D eigenvalue weighted by Gasteiger charge is 2.46. The Morgan fingerprint density at radius 1 is 1.50 bits per heavy atom. The van der Waals surface area contributed by atoms with Crippen LogP contribution in [0.25, 0.3) is 0 Å². The summed E-state index contributed by atoms with van der Waals surface area (Å²) in [6.45, 7) is 4.36. The number of H-pyrrole nitrogens is 1. The Kier molecular flexibility index (Phi) is 2.49. The molecular formula is C15H20N2O. The molecule has 1 heterocycles. The summed E-state index contributed by atoms with van der Waals surface area (Å²) in [6, 6.07) is 3.52. The summed E-state index contributed by atoms with van der Waals surface area (Å²) in [4.78, 5) is 14.4. The van der Waals surface area contributed by atoms with Gasteiger partial charge in [0.05, 0.1) is 5.54 Å². The van der Waals surface area contributed by atoms with Crippen LogP contribution >= 0.6 is 0 Å². The zero-order chi connectivity index (χ0) is 12.9. The number of hydrogen-bond acceptors (Lipinski definition) is 2. The summed E-state index contributed by atoms with van der Waals surface area (Å²) >= 11 is 0. The normalized spacial score (nSPS) is 36.5. The zero-order valence-corrected chi connectivity index (χ0v) is 11.0. The molecule has 0 amide bonds. The highest BCUT2D eigenvalue weighted by atomic mass is 16.1. The molecular weight excluding hydrogens is 224 g/mol. The molecule has 0 saturated heterocycles. The Balaban J connectivity index is 2.23. The summed E-state index contributed by atoms with van der Waals surface area (Å²) in [5.74, 6) is 1.14. The first-order valence-electron chi connectivity index (χ1n) is 6.73. The molecule has 1 aromatic rings. The Bertz CT molecular complexity index is 572. The molecule has 0 spiro atoms. The fourth-order valence-electron chi connectivity index (χ4n) is 4.02. The van der Waals surface area contributed by atoms with Gasteiger partial charge in [-0.3, -0.25) is 4.79 Å². The summed E-state index contributed by atoms with van der Waals surface area (Å²) in [6.07, 6.45) is 5.26. The topological polar surface area (TPSA) is 58.9 Å². The van der Waals surface area contributed by atoms with Gasteiger partial charge in [-0.15, -0.1) is 0 Å². The summed E-state index contributed by atoms with van der Waals surface area (Å²) < 4.78 is 0. The van der Waals surface area contributed by atoms with Gasteiger partial charge < -0.3 is 10.7 Å². The first-order valence-corrected chi connectivity index (χ1v) is 6.73. The molecule has 3 atom stereocenters. The van der Waals surface area contributed by atoms with E-state index in [1.807, 2.05) is 6.07 Å². The van der Waals surface area contributed by atoms with E-state index in [4.69, 9.17) is 5.73 Å². The Labute approximate surface area is 107 Å². The number of fused-ring (bicyclic) bond motifs is 4. The Morgan fingerprint density at radius 3 is 3.00 bits per heavy atom. The maximum atomic E-state index is 11.5. The lowest BCUT2D eigenvalue weighted by atomic mass is 9.60. The molecule has 0 radical (unpaired) electrons. The molecule has 0 aromatic carbocycles. The maximum Gasteiger partial charge on any atom is 0.248 e. The first kappa shape index (κ1) is 11.7. The van der Waals surface area contributed by atoms with Gasteiger partial charge in [-0.25, -0.2) is 0 Å². The third-order valence-corrected chi connectivity index (χ3v) is 4.56. The Hall–Kier alpha value is -1.35. The number of aromatic amines is 1. The van der Waals surface area contributed by atoms with Crippen molar-refractivity contribution >= 4 is 0 Å². The second kappa shape index (κ2) is 3.82. The molecule has 1 aromatic heterocycles. The summed E-state index contributed by atoms with van der Waals surface area (Å²) in [5.41, 5.74) is 9.86. The van der Waals surface area contributed by atoms with Crippen molar-refractivity contribution in [2.75, 3.05) is 0 Å². The van der Waals surface area contributed by atoms with Crippen LogP contribution in [0.1, 0.15) is 37.9 Å². The average Bonchev–Trinajstić information content (AvgIpc) is 2.26. The molecule has 18 heavy (non-hydrogen) atoms. The highest BCUT2D eigenvalue weighted by Crippen LogP contribution is 2.50. The lowest BCUT2D eigenvalue weighted by Gasteiger charge is -2.48. The fraction of sp³-hybridized carbons (Fsp3) is 0.533. The maximum absolute atomic E-state index is 11.5. The van der Waals surface area contributed by atoms with Crippen LogP contribution in [-0.4, -0.2) is 4.98 Å². The smallest absolute Gasteiger partial charge is 0.248 e. The van der Waals surface area contributed by atoms with E-state index in [0.29, 0.717) is 11.8 Å². The van der Waals surface area contributed by atoms with Crippen molar-refractivity contribution in [1.82, 2.24) is 4.98 Å². The van der Waals surface area contributed by atoms with Crippen LogP contribution in [-0.2, 0) is 12.0 Å². The van der Waals surface area contributed by atoms with Crippen LogP contribution < -0.4 is 11.3 Å². The minimum Gasteiger partial charge on any atom is -0.326 e. The number of hydrogen-bond donors (Lipinski definition) is 2. The predicted molar refractivity (Wildman–Crippen MR) is 72.3 cm³/mol. The highest BCUT2D eigenvalue weighted by molar-refractivity contribution is 5.44. The third kappa shape index (κ3) is 1.50. The number of aromatic nitrogens is 1. The number of rotatable bonds is 0. The van der Waals surface area contributed by atoms with E-state index in [1.165, 1.54) is 12.0 Å². The van der Waals surface area contributed by atoms with Gasteiger partial charge in [-0.1, -0.05) is 13.0 Å². The molecule has 0 unspecified atom stereocenters. The first-order chi connectivity index (χ1) is 8.54. The van der Waals surface area contributed by atoms with Crippen LogP contribution in [0.3, 0.4) is 0 Å². The van der Waals surface area contributed by atoms with Crippen molar-refractivity contribution in [2.24, 2.45) is 17.6 Å². The largest absolute Gasteiger partial charge is 0.326 e. The van der Waals surface area contributed by atoms with Crippen molar-refractivity contribution in [3.05, 3.63) is 45.4 Å². The van der Waals surface area contributed by atoms with Crippen LogP contribution in [0.2, 0.25) is 0 Å². The third-order valence-electron chi connectivity index (χ3n) is 4.56. The van der Waals surface area contributed by atoms with Crippen molar-refractivity contribution in [2.45, 2.75) is 38.6 Å². The van der Waals surface area contributed by atoms with Gasteiger partial charge in [0.1, 0.15) is 0 Å². The van der Waals surface area contributed by atoms with Gasteiger partial charge >= 0.3 is 0 Å². The molecule has 1 saturated carbocycles. The van der Waals surface area contributed by atoms with Gasteiger partial charge in [-0.05, 0) is 55.2 Å². The van der Waals surface area contributed by atoms with E-state index in [-0.39, 0.29) is 11.1 Å². The summed E-state index contributed by atoms with van der Waals surface area (Å²) in [7, 11) is 0. The van der Waals surface area contributed by atoms with E-state index in [9.17, 15) is 4.79 Å². The number of nitrogens with two attached hydrogens (primary N) is 1. The second-order valence-electron chi connectivity index (χ2n) is 5.88. The number of nitrogens with one attached hydrogen (secondary N) is 1. The van der Waals surface area contributed by atoms with Crippen molar-refractivity contribution in [1.29, 1.82) is 0 Å². The number of allylic oxidation sites excluding steroid dienone is 1. The van der Waals surface area contributed by atoms with Crippen molar-refractivity contribution in [3.63, 3.8) is 0 Å². The van der Waals surface area contributed by atoms with Crippen LogP contribution in [0.15, 0.2) is 28.6 Å². The minimum absolute atomic E-state index is 0.0209.